The Labute approximate surface area is 110 Å². The number of hydrogen-bond acceptors (Lipinski definition) is 2. The molecule has 0 aromatic heterocycles. The van der Waals surface area contributed by atoms with Gasteiger partial charge in [-0.25, -0.2) is 0 Å². The highest BCUT2D eigenvalue weighted by atomic mass is 16.3. The first kappa shape index (κ1) is 13.8. The summed E-state index contributed by atoms with van der Waals surface area (Å²) in [6.45, 7) is 7.50. The largest absolute Gasteiger partial charge is 0.383 e. The van der Waals surface area contributed by atoms with Crippen LogP contribution in [0.4, 0.5) is 0 Å². The summed E-state index contributed by atoms with van der Waals surface area (Å²) in [4.78, 5) is 12.2. The summed E-state index contributed by atoms with van der Waals surface area (Å²) in [6, 6.07) is 0. The zero-order valence-electron chi connectivity index (χ0n) is 12.1. The van der Waals surface area contributed by atoms with Gasteiger partial charge in [0, 0.05) is 5.92 Å². The van der Waals surface area contributed by atoms with E-state index in [0.29, 0.717) is 5.92 Å². The van der Waals surface area contributed by atoms with E-state index in [2.05, 4.69) is 19.9 Å². The van der Waals surface area contributed by atoms with Gasteiger partial charge in [-0.1, -0.05) is 31.9 Å². The summed E-state index contributed by atoms with van der Waals surface area (Å²) < 4.78 is 0. The van der Waals surface area contributed by atoms with Crippen LogP contribution in [0, 0.1) is 17.3 Å². The van der Waals surface area contributed by atoms with Crippen molar-refractivity contribution in [3.8, 4) is 0 Å². The third-order valence-corrected chi connectivity index (χ3v) is 4.71. The normalized spacial score (nSPS) is 31.1. The monoisotopic (exact) mass is 250 g/mol. The van der Waals surface area contributed by atoms with Crippen molar-refractivity contribution in [2.75, 3.05) is 0 Å². The average molecular weight is 250 g/mol. The quantitative estimate of drug-likeness (QED) is 0.778. The molecule has 0 unspecified atom stereocenters. The molecule has 0 heterocycles. The van der Waals surface area contributed by atoms with Crippen LogP contribution in [0.5, 0.6) is 0 Å². The number of carbonyl (C=O) groups excluding carboxylic acids is 1. The first-order valence-electron chi connectivity index (χ1n) is 7.21. The number of Topliss-reactive ketones (excluding diaryl/α,β-unsaturated/α-hetero) is 1. The van der Waals surface area contributed by atoms with Gasteiger partial charge in [0.15, 0.2) is 5.78 Å². The van der Waals surface area contributed by atoms with E-state index < -0.39 is 5.60 Å². The van der Waals surface area contributed by atoms with Gasteiger partial charge in [-0.3, -0.25) is 4.79 Å². The van der Waals surface area contributed by atoms with Gasteiger partial charge in [0.2, 0.25) is 0 Å². The second-order valence-electron chi connectivity index (χ2n) is 7.13. The second kappa shape index (κ2) is 4.48. The van der Waals surface area contributed by atoms with Crippen LogP contribution < -0.4 is 0 Å². The van der Waals surface area contributed by atoms with Crippen molar-refractivity contribution >= 4 is 5.78 Å². The minimum atomic E-state index is -1.19. The van der Waals surface area contributed by atoms with Gasteiger partial charge in [-0.2, -0.15) is 0 Å². The van der Waals surface area contributed by atoms with Gasteiger partial charge < -0.3 is 5.11 Å². The summed E-state index contributed by atoms with van der Waals surface area (Å²) in [5, 5.41) is 9.88. The van der Waals surface area contributed by atoms with Crippen LogP contribution in [-0.2, 0) is 4.79 Å². The predicted octanol–water partition coefficient (Wildman–Crippen LogP) is 3.49. The van der Waals surface area contributed by atoms with E-state index in [-0.39, 0.29) is 17.1 Å². The predicted molar refractivity (Wildman–Crippen MR) is 73.2 cm³/mol. The average Bonchev–Trinajstić information content (AvgIpc) is 2.79. The Hall–Kier alpha value is -0.630. The standard InChI is InChI=1S/C16H26O2/c1-15(2)12(10-11-8-6-5-7-9-11)13(15)14(17)16(3,4)18/h10,12-13,18H,5-9H2,1-4H3/t12-,13+/m0/s1. The Balaban J connectivity index is 2.09. The summed E-state index contributed by atoms with van der Waals surface area (Å²) in [5.41, 5.74) is 0.369. The van der Waals surface area contributed by atoms with Gasteiger partial charge in [-0.05, 0) is 50.9 Å². The summed E-state index contributed by atoms with van der Waals surface area (Å²) in [5.74, 6) is 0.349. The molecule has 2 heteroatoms. The second-order valence-corrected chi connectivity index (χ2v) is 7.13. The van der Waals surface area contributed by atoms with E-state index in [1.807, 2.05) is 0 Å². The number of aliphatic hydroxyl groups is 1. The molecule has 1 N–H and O–H groups in total. The molecule has 0 spiro atoms. The van der Waals surface area contributed by atoms with Crippen molar-refractivity contribution in [2.45, 2.75) is 65.4 Å². The molecular formula is C16H26O2. The number of hydrogen-bond donors (Lipinski definition) is 1. The van der Waals surface area contributed by atoms with E-state index >= 15 is 0 Å². The van der Waals surface area contributed by atoms with Crippen molar-refractivity contribution in [3.05, 3.63) is 11.6 Å². The molecule has 102 valence electrons. The number of ketones is 1. The van der Waals surface area contributed by atoms with E-state index in [4.69, 9.17) is 0 Å². The summed E-state index contributed by atoms with van der Waals surface area (Å²) in [6.07, 6.45) is 8.68. The van der Waals surface area contributed by atoms with Gasteiger partial charge in [0.05, 0.1) is 0 Å². The molecule has 18 heavy (non-hydrogen) atoms. The zero-order valence-corrected chi connectivity index (χ0v) is 12.1. The fraction of sp³-hybridized carbons (Fsp3) is 0.812. The lowest BCUT2D eigenvalue weighted by Crippen LogP contribution is -2.33. The highest BCUT2D eigenvalue weighted by molar-refractivity contribution is 5.92. The molecule has 2 aliphatic rings. The van der Waals surface area contributed by atoms with Crippen molar-refractivity contribution in [2.24, 2.45) is 17.3 Å². The molecule has 0 bridgehead atoms. The fourth-order valence-corrected chi connectivity index (χ4v) is 3.30. The topological polar surface area (TPSA) is 37.3 Å². The van der Waals surface area contributed by atoms with Crippen molar-refractivity contribution in [1.29, 1.82) is 0 Å². The SMILES string of the molecule is CC(C)(O)C(=O)[C@H]1[C@H](C=C2CCCCC2)C1(C)C. The lowest BCUT2D eigenvalue weighted by molar-refractivity contribution is -0.136. The first-order chi connectivity index (χ1) is 8.24. The Kier molecular flexibility index (Phi) is 3.44. The van der Waals surface area contributed by atoms with E-state index in [9.17, 15) is 9.90 Å². The van der Waals surface area contributed by atoms with Crippen LogP contribution in [-0.4, -0.2) is 16.5 Å². The molecule has 0 aromatic carbocycles. The molecule has 2 aliphatic carbocycles. The summed E-state index contributed by atoms with van der Waals surface area (Å²) in [7, 11) is 0. The highest BCUT2D eigenvalue weighted by Crippen LogP contribution is 2.61. The lowest BCUT2D eigenvalue weighted by atomic mass is 9.93. The molecule has 2 nitrogen and oxygen atoms in total. The van der Waals surface area contributed by atoms with Crippen LogP contribution in [0.2, 0.25) is 0 Å². The van der Waals surface area contributed by atoms with Crippen molar-refractivity contribution in [1.82, 2.24) is 0 Å². The molecule has 2 atom stereocenters. The fourth-order valence-electron chi connectivity index (χ4n) is 3.30. The summed E-state index contributed by atoms with van der Waals surface area (Å²) >= 11 is 0. The minimum Gasteiger partial charge on any atom is -0.383 e. The van der Waals surface area contributed by atoms with Gasteiger partial charge in [0.1, 0.15) is 5.60 Å². The van der Waals surface area contributed by atoms with Crippen LogP contribution in [0.3, 0.4) is 0 Å². The van der Waals surface area contributed by atoms with Crippen LogP contribution in [0.1, 0.15) is 59.8 Å². The van der Waals surface area contributed by atoms with Crippen molar-refractivity contribution in [3.63, 3.8) is 0 Å². The number of carbonyl (C=O) groups is 1. The molecule has 0 amide bonds. The number of rotatable bonds is 3. The Morgan fingerprint density at radius 2 is 1.83 bits per heavy atom. The van der Waals surface area contributed by atoms with E-state index in [0.717, 1.165) is 0 Å². The van der Waals surface area contributed by atoms with Gasteiger partial charge >= 0.3 is 0 Å². The molecule has 2 rings (SSSR count). The lowest BCUT2D eigenvalue weighted by Gasteiger charge is -2.16. The van der Waals surface area contributed by atoms with Crippen LogP contribution in [0.15, 0.2) is 11.6 Å². The van der Waals surface area contributed by atoms with Crippen LogP contribution >= 0.6 is 0 Å². The van der Waals surface area contributed by atoms with Gasteiger partial charge in [-0.15, -0.1) is 0 Å². The molecule has 0 radical (unpaired) electrons. The third kappa shape index (κ3) is 2.54. The van der Waals surface area contributed by atoms with E-state index in [1.165, 1.54) is 37.7 Å². The third-order valence-electron chi connectivity index (χ3n) is 4.71. The van der Waals surface area contributed by atoms with E-state index in [1.54, 1.807) is 13.8 Å². The molecule has 0 saturated heterocycles. The molecule has 2 fully saturated rings. The first-order valence-corrected chi connectivity index (χ1v) is 7.21. The molecule has 0 aliphatic heterocycles. The Bertz CT molecular complexity index is 363. The maximum absolute atomic E-state index is 12.2. The number of allylic oxidation sites excluding steroid dienone is 2. The molecule has 2 saturated carbocycles. The van der Waals surface area contributed by atoms with Crippen molar-refractivity contribution < 1.29 is 9.90 Å². The Morgan fingerprint density at radius 3 is 2.33 bits per heavy atom. The van der Waals surface area contributed by atoms with Gasteiger partial charge in [0.25, 0.3) is 0 Å². The molecule has 0 aromatic rings. The zero-order chi connectivity index (χ0) is 13.6. The maximum Gasteiger partial charge on any atom is 0.167 e. The highest BCUT2D eigenvalue weighted by Gasteiger charge is 2.62. The van der Waals surface area contributed by atoms with Crippen LogP contribution in [0.25, 0.3) is 0 Å². The Morgan fingerprint density at radius 1 is 1.28 bits per heavy atom. The maximum atomic E-state index is 12.2. The smallest absolute Gasteiger partial charge is 0.167 e. The minimum absolute atomic E-state index is 0.00478. The molecular weight excluding hydrogens is 224 g/mol.